The highest BCUT2D eigenvalue weighted by atomic mass is 32.1. The summed E-state index contributed by atoms with van der Waals surface area (Å²) in [6.07, 6.45) is 0. The molecule has 2 heterocycles. The molecule has 1 aliphatic heterocycles. The summed E-state index contributed by atoms with van der Waals surface area (Å²) in [6, 6.07) is 4.98. The Morgan fingerprint density at radius 3 is 3.00 bits per heavy atom. The normalized spacial score (nSPS) is 31.7. The fraction of sp³-hybridized carbons (Fsp3) is 0.500. The van der Waals surface area contributed by atoms with Gasteiger partial charge in [0.1, 0.15) is 0 Å². The van der Waals surface area contributed by atoms with Gasteiger partial charge in [-0.25, -0.2) is 0 Å². The Labute approximate surface area is 65.1 Å². The largest absolute Gasteiger partial charge is 0.309 e. The van der Waals surface area contributed by atoms with Crippen molar-refractivity contribution in [2.75, 3.05) is 6.54 Å². The Bertz CT molecular complexity index is 205. The van der Waals surface area contributed by atoms with Crippen LogP contribution < -0.4 is 5.32 Å². The lowest BCUT2D eigenvalue weighted by Crippen LogP contribution is -2.43. The summed E-state index contributed by atoms with van der Waals surface area (Å²) in [5.74, 6) is 0.832. The summed E-state index contributed by atoms with van der Waals surface area (Å²) in [5, 5.41) is 5.55. The molecule has 2 heteroatoms. The number of rotatable bonds is 1. The maximum atomic E-state index is 3.41. The second-order valence-electron chi connectivity index (χ2n) is 2.88. The molecule has 0 unspecified atom stereocenters. The van der Waals surface area contributed by atoms with Gasteiger partial charge in [0.05, 0.1) is 0 Å². The first-order valence-electron chi connectivity index (χ1n) is 3.65. The molecule has 2 atom stereocenters. The van der Waals surface area contributed by atoms with E-state index in [-0.39, 0.29) is 0 Å². The third-order valence-corrected chi connectivity index (χ3v) is 3.03. The third-order valence-electron chi connectivity index (χ3n) is 2.08. The highest BCUT2D eigenvalue weighted by Gasteiger charge is 2.27. The molecule has 0 radical (unpaired) electrons. The molecule has 1 aromatic rings. The Morgan fingerprint density at radius 2 is 2.60 bits per heavy atom. The zero-order chi connectivity index (χ0) is 6.97. The van der Waals surface area contributed by atoms with Gasteiger partial charge in [-0.3, -0.25) is 0 Å². The predicted molar refractivity (Wildman–Crippen MR) is 44.2 cm³/mol. The Balaban J connectivity index is 2.14. The molecule has 0 amide bonds. The lowest BCUT2D eigenvalue weighted by Gasteiger charge is -2.34. The third kappa shape index (κ3) is 0.879. The van der Waals surface area contributed by atoms with E-state index in [4.69, 9.17) is 0 Å². The number of hydrogen-bond donors (Lipinski definition) is 1. The standard InChI is InChI=1S/C8H11NS/c1-6-5-9-8(6)7-3-2-4-10-7/h2-4,6,8-9H,5H2,1H3/t6-,8+/m1/s1. The van der Waals surface area contributed by atoms with Gasteiger partial charge in [0, 0.05) is 17.5 Å². The van der Waals surface area contributed by atoms with Crippen LogP contribution in [0, 0.1) is 5.92 Å². The van der Waals surface area contributed by atoms with Crippen LogP contribution in [0.4, 0.5) is 0 Å². The number of nitrogens with one attached hydrogen (secondary N) is 1. The lowest BCUT2D eigenvalue weighted by atomic mass is 9.93. The van der Waals surface area contributed by atoms with Crippen molar-refractivity contribution >= 4 is 11.3 Å². The van der Waals surface area contributed by atoms with Crippen LogP contribution in [0.25, 0.3) is 0 Å². The quantitative estimate of drug-likeness (QED) is 0.651. The average Bonchev–Trinajstić information content (AvgIpc) is 2.37. The molecule has 0 bridgehead atoms. The molecule has 1 aromatic heterocycles. The van der Waals surface area contributed by atoms with Gasteiger partial charge in [-0.1, -0.05) is 13.0 Å². The van der Waals surface area contributed by atoms with E-state index in [1.165, 1.54) is 11.4 Å². The van der Waals surface area contributed by atoms with Crippen LogP contribution in [-0.2, 0) is 0 Å². The summed E-state index contributed by atoms with van der Waals surface area (Å²) in [5.41, 5.74) is 0. The van der Waals surface area contributed by atoms with Crippen LogP contribution in [0.5, 0.6) is 0 Å². The summed E-state index contributed by atoms with van der Waals surface area (Å²) in [6.45, 7) is 3.48. The van der Waals surface area contributed by atoms with E-state index in [0.717, 1.165) is 5.92 Å². The predicted octanol–water partition coefficient (Wildman–Crippen LogP) is 2.03. The molecule has 1 aliphatic rings. The van der Waals surface area contributed by atoms with Crippen molar-refractivity contribution in [2.24, 2.45) is 5.92 Å². The Hall–Kier alpha value is -0.340. The van der Waals surface area contributed by atoms with E-state index in [0.29, 0.717) is 6.04 Å². The first-order chi connectivity index (χ1) is 4.88. The van der Waals surface area contributed by atoms with E-state index in [1.54, 1.807) is 0 Å². The summed E-state index contributed by atoms with van der Waals surface area (Å²) < 4.78 is 0. The summed E-state index contributed by atoms with van der Waals surface area (Å²) in [4.78, 5) is 1.48. The second-order valence-corrected chi connectivity index (χ2v) is 3.86. The van der Waals surface area contributed by atoms with E-state index in [1.807, 2.05) is 11.3 Å². The molecular formula is C8H11NS. The molecular weight excluding hydrogens is 142 g/mol. The molecule has 1 fully saturated rings. The van der Waals surface area contributed by atoms with Gasteiger partial charge in [0.25, 0.3) is 0 Å². The van der Waals surface area contributed by atoms with Crippen molar-refractivity contribution in [1.29, 1.82) is 0 Å². The van der Waals surface area contributed by atoms with Gasteiger partial charge in [-0.05, 0) is 17.4 Å². The van der Waals surface area contributed by atoms with E-state index >= 15 is 0 Å². The first kappa shape index (κ1) is 6.38. The maximum Gasteiger partial charge on any atom is 0.0453 e. The molecule has 0 aromatic carbocycles. The molecule has 10 heavy (non-hydrogen) atoms. The van der Waals surface area contributed by atoms with Crippen LogP contribution in [0.2, 0.25) is 0 Å². The molecule has 2 rings (SSSR count). The van der Waals surface area contributed by atoms with E-state index < -0.39 is 0 Å². The Morgan fingerprint density at radius 1 is 1.70 bits per heavy atom. The highest BCUT2D eigenvalue weighted by Crippen LogP contribution is 2.31. The van der Waals surface area contributed by atoms with Gasteiger partial charge in [-0.15, -0.1) is 11.3 Å². The first-order valence-corrected chi connectivity index (χ1v) is 4.52. The van der Waals surface area contributed by atoms with Crippen LogP contribution in [0.15, 0.2) is 17.5 Å². The SMILES string of the molecule is C[C@@H]1CN[C@@H]1c1cccs1. The van der Waals surface area contributed by atoms with E-state index in [2.05, 4.69) is 29.8 Å². The summed E-state index contributed by atoms with van der Waals surface area (Å²) >= 11 is 1.85. The van der Waals surface area contributed by atoms with Crippen molar-refractivity contribution in [1.82, 2.24) is 5.32 Å². The lowest BCUT2D eigenvalue weighted by molar-refractivity contribution is 0.262. The monoisotopic (exact) mass is 153 g/mol. The van der Waals surface area contributed by atoms with E-state index in [9.17, 15) is 0 Å². The number of hydrogen-bond acceptors (Lipinski definition) is 2. The fourth-order valence-corrected chi connectivity index (χ4v) is 2.25. The minimum Gasteiger partial charge on any atom is -0.309 e. The fourth-order valence-electron chi connectivity index (χ4n) is 1.32. The minimum absolute atomic E-state index is 0.653. The van der Waals surface area contributed by atoms with Crippen molar-refractivity contribution in [2.45, 2.75) is 13.0 Å². The molecule has 0 saturated carbocycles. The van der Waals surface area contributed by atoms with Crippen LogP contribution in [-0.4, -0.2) is 6.54 Å². The number of thiophene rings is 1. The topological polar surface area (TPSA) is 12.0 Å². The van der Waals surface area contributed by atoms with Crippen LogP contribution in [0.3, 0.4) is 0 Å². The molecule has 0 spiro atoms. The van der Waals surface area contributed by atoms with Gasteiger partial charge in [-0.2, -0.15) is 0 Å². The zero-order valence-corrected chi connectivity index (χ0v) is 6.82. The highest BCUT2D eigenvalue weighted by molar-refractivity contribution is 7.10. The Kier molecular flexibility index (Phi) is 1.51. The van der Waals surface area contributed by atoms with Crippen molar-refractivity contribution < 1.29 is 0 Å². The minimum atomic E-state index is 0.653. The zero-order valence-electron chi connectivity index (χ0n) is 6.00. The van der Waals surface area contributed by atoms with Gasteiger partial charge in [0.2, 0.25) is 0 Å². The molecule has 1 N–H and O–H groups in total. The average molecular weight is 153 g/mol. The van der Waals surface area contributed by atoms with Gasteiger partial charge >= 0.3 is 0 Å². The molecule has 1 nitrogen and oxygen atoms in total. The molecule has 1 saturated heterocycles. The van der Waals surface area contributed by atoms with Crippen LogP contribution >= 0.6 is 11.3 Å². The molecule has 54 valence electrons. The van der Waals surface area contributed by atoms with Crippen molar-refractivity contribution in [3.05, 3.63) is 22.4 Å². The van der Waals surface area contributed by atoms with Gasteiger partial charge in [0.15, 0.2) is 0 Å². The smallest absolute Gasteiger partial charge is 0.0453 e. The van der Waals surface area contributed by atoms with Crippen molar-refractivity contribution in [3.8, 4) is 0 Å². The van der Waals surface area contributed by atoms with Gasteiger partial charge < -0.3 is 5.32 Å². The van der Waals surface area contributed by atoms with Crippen molar-refractivity contribution in [3.63, 3.8) is 0 Å². The molecule has 0 aliphatic carbocycles. The second kappa shape index (κ2) is 2.36. The maximum absolute atomic E-state index is 3.41. The summed E-state index contributed by atoms with van der Waals surface area (Å²) in [7, 11) is 0. The van der Waals surface area contributed by atoms with Crippen LogP contribution in [0.1, 0.15) is 17.8 Å².